The number of nitrogens with zero attached hydrogens (tertiary/aromatic N) is 2. The minimum atomic E-state index is -4.09. The summed E-state index contributed by atoms with van der Waals surface area (Å²) in [7, 11) is -2.78. The van der Waals surface area contributed by atoms with Gasteiger partial charge in [0.2, 0.25) is 10.0 Å². The highest BCUT2D eigenvalue weighted by Crippen LogP contribution is 2.41. The molecule has 0 aliphatic heterocycles. The number of aromatic nitrogens is 1. The molecular formula is C33H29ClN2O4S2. The van der Waals surface area contributed by atoms with Crippen LogP contribution in [0.25, 0.3) is 32.3 Å². The summed E-state index contributed by atoms with van der Waals surface area (Å²) in [4.78, 5) is 18.0. The highest BCUT2D eigenvalue weighted by molar-refractivity contribution is 7.89. The maximum atomic E-state index is 13.5. The number of hydrogen-bond donors (Lipinski definition) is 1. The molecule has 0 saturated heterocycles. The Labute approximate surface area is 254 Å². The summed E-state index contributed by atoms with van der Waals surface area (Å²) >= 11 is 7.66. The number of carboxylic acids is 1. The van der Waals surface area contributed by atoms with Gasteiger partial charge in [-0.1, -0.05) is 97.4 Å². The van der Waals surface area contributed by atoms with Crippen molar-refractivity contribution in [1.82, 2.24) is 9.29 Å². The number of benzene rings is 4. The van der Waals surface area contributed by atoms with Crippen LogP contribution in [0, 0.1) is 0 Å². The average Bonchev–Trinajstić information content (AvgIpc) is 3.46. The minimum absolute atomic E-state index is 0.00932. The topological polar surface area (TPSA) is 87.6 Å². The predicted molar refractivity (Wildman–Crippen MR) is 169 cm³/mol. The fraction of sp³-hybridized carbons (Fsp3) is 0.152. The first kappa shape index (κ1) is 29.7. The first-order valence-corrected chi connectivity index (χ1v) is 16.0. The summed E-state index contributed by atoms with van der Waals surface area (Å²) in [6.45, 7) is 2.11. The second kappa shape index (κ2) is 12.6. The quantitative estimate of drug-likeness (QED) is 0.174. The zero-order chi connectivity index (χ0) is 29.9. The van der Waals surface area contributed by atoms with Crippen molar-refractivity contribution in [3.8, 4) is 32.3 Å². The van der Waals surface area contributed by atoms with Gasteiger partial charge in [0.15, 0.2) is 0 Å². The summed E-state index contributed by atoms with van der Waals surface area (Å²) in [5.41, 5.74) is 5.40. The second-order valence-electron chi connectivity index (χ2n) is 9.84. The molecule has 0 bridgehead atoms. The van der Waals surface area contributed by atoms with Gasteiger partial charge in [0.25, 0.3) is 0 Å². The highest BCUT2D eigenvalue weighted by Gasteiger charge is 2.33. The maximum absolute atomic E-state index is 13.5. The van der Waals surface area contributed by atoms with E-state index in [1.54, 1.807) is 47.7 Å². The summed E-state index contributed by atoms with van der Waals surface area (Å²) in [5, 5.41) is 11.3. The molecule has 0 amide bonds. The minimum Gasteiger partial charge on any atom is -0.480 e. The number of sulfonamides is 1. The number of rotatable bonds is 10. The van der Waals surface area contributed by atoms with E-state index in [2.05, 4.69) is 31.2 Å². The van der Waals surface area contributed by atoms with Gasteiger partial charge in [-0.15, -0.1) is 11.3 Å². The Balaban J connectivity index is 1.50. The van der Waals surface area contributed by atoms with Crippen LogP contribution in [-0.4, -0.2) is 41.9 Å². The van der Waals surface area contributed by atoms with Crippen LogP contribution in [0.4, 0.5) is 0 Å². The Morgan fingerprint density at radius 3 is 2.05 bits per heavy atom. The Morgan fingerprint density at radius 2 is 1.45 bits per heavy atom. The molecule has 0 aliphatic rings. The fourth-order valence-corrected chi connectivity index (χ4v) is 7.18. The van der Waals surface area contributed by atoms with Gasteiger partial charge >= 0.3 is 5.97 Å². The average molecular weight is 617 g/mol. The number of likely N-dealkylation sites (N-methyl/N-ethyl adjacent to an activating group) is 1. The van der Waals surface area contributed by atoms with Gasteiger partial charge in [-0.05, 0) is 53.8 Å². The molecule has 4 aromatic carbocycles. The maximum Gasteiger partial charge on any atom is 0.322 e. The smallest absolute Gasteiger partial charge is 0.322 e. The lowest BCUT2D eigenvalue weighted by atomic mass is 10.0. The van der Waals surface area contributed by atoms with Gasteiger partial charge in [0.1, 0.15) is 11.0 Å². The zero-order valence-electron chi connectivity index (χ0n) is 23.1. The molecule has 0 spiro atoms. The molecule has 5 aromatic rings. The normalized spacial score (nSPS) is 12.4. The summed E-state index contributed by atoms with van der Waals surface area (Å²) in [6.07, 6.45) is 0.987. The van der Waals surface area contributed by atoms with Crippen LogP contribution < -0.4 is 0 Å². The van der Waals surface area contributed by atoms with E-state index < -0.39 is 22.0 Å². The number of aliphatic carboxylic acids is 1. The van der Waals surface area contributed by atoms with E-state index in [0.717, 1.165) is 48.6 Å². The van der Waals surface area contributed by atoms with Crippen molar-refractivity contribution in [2.75, 3.05) is 7.05 Å². The Bertz CT molecular complexity index is 1790. The Kier molecular flexibility index (Phi) is 8.89. The summed E-state index contributed by atoms with van der Waals surface area (Å²) < 4.78 is 28.0. The second-order valence-corrected chi connectivity index (χ2v) is 13.3. The molecule has 0 radical (unpaired) electrons. The molecule has 0 saturated carbocycles. The summed E-state index contributed by atoms with van der Waals surface area (Å²) in [5.74, 6) is -1.21. The number of thiazole rings is 1. The van der Waals surface area contributed by atoms with Crippen LogP contribution in [0.2, 0.25) is 5.02 Å². The molecule has 1 atom stereocenters. The van der Waals surface area contributed by atoms with Gasteiger partial charge in [0.05, 0.1) is 15.5 Å². The Morgan fingerprint density at radius 1 is 0.857 bits per heavy atom. The van der Waals surface area contributed by atoms with Crippen LogP contribution in [-0.2, 0) is 27.7 Å². The molecule has 0 aliphatic carbocycles. The van der Waals surface area contributed by atoms with Crippen LogP contribution in [0.3, 0.4) is 0 Å². The van der Waals surface area contributed by atoms with Crippen LogP contribution in [0.5, 0.6) is 0 Å². The number of hydrogen-bond acceptors (Lipinski definition) is 5. The van der Waals surface area contributed by atoms with Crippen molar-refractivity contribution in [2.45, 2.75) is 30.7 Å². The molecule has 0 unspecified atom stereocenters. The number of aryl methyl sites for hydroxylation is 1. The van der Waals surface area contributed by atoms with Crippen molar-refractivity contribution >= 4 is 38.9 Å². The molecule has 9 heteroatoms. The molecule has 1 heterocycles. The lowest BCUT2D eigenvalue weighted by Gasteiger charge is -2.24. The Hall–Kier alpha value is -3.82. The van der Waals surface area contributed by atoms with Crippen LogP contribution >= 0.6 is 22.9 Å². The molecule has 42 heavy (non-hydrogen) atoms. The number of carboxylic acid groups (broad SMARTS) is 1. The van der Waals surface area contributed by atoms with Crippen LogP contribution in [0.15, 0.2) is 108 Å². The van der Waals surface area contributed by atoms with Gasteiger partial charge < -0.3 is 5.11 Å². The SMILES string of the molecule is CCc1ccc(-c2sc(-c3ccc(Cl)cc3)nc2-c2ccc(S(=O)(=O)N(C)[C@@H](Cc3ccccc3)C(=O)O)cc2)cc1. The zero-order valence-corrected chi connectivity index (χ0v) is 25.5. The number of halogens is 1. The first-order valence-electron chi connectivity index (χ1n) is 13.4. The lowest BCUT2D eigenvalue weighted by Crippen LogP contribution is -2.43. The van der Waals surface area contributed by atoms with E-state index in [1.807, 2.05) is 30.3 Å². The van der Waals surface area contributed by atoms with E-state index in [1.165, 1.54) is 24.7 Å². The lowest BCUT2D eigenvalue weighted by molar-refractivity contribution is -0.141. The highest BCUT2D eigenvalue weighted by atomic mass is 35.5. The van der Waals surface area contributed by atoms with Gasteiger partial charge in [-0.25, -0.2) is 13.4 Å². The van der Waals surface area contributed by atoms with Gasteiger partial charge in [-0.3, -0.25) is 4.79 Å². The third kappa shape index (κ3) is 6.32. The van der Waals surface area contributed by atoms with Crippen molar-refractivity contribution < 1.29 is 18.3 Å². The van der Waals surface area contributed by atoms with Crippen molar-refractivity contribution in [3.63, 3.8) is 0 Å². The monoisotopic (exact) mass is 616 g/mol. The summed E-state index contributed by atoms with van der Waals surface area (Å²) in [6, 6.07) is 30.0. The van der Waals surface area contributed by atoms with E-state index in [9.17, 15) is 18.3 Å². The molecular weight excluding hydrogens is 588 g/mol. The molecule has 214 valence electrons. The predicted octanol–water partition coefficient (Wildman–Crippen LogP) is 7.68. The van der Waals surface area contributed by atoms with Crippen LogP contribution in [0.1, 0.15) is 18.1 Å². The van der Waals surface area contributed by atoms with E-state index in [-0.39, 0.29) is 11.3 Å². The third-order valence-electron chi connectivity index (χ3n) is 7.14. The largest absolute Gasteiger partial charge is 0.480 e. The van der Waals surface area contributed by atoms with Crippen molar-refractivity contribution in [3.05, 3.63) is 119 Å². The van der Waals surface area contributed by atoms with Gasteiger partial charge in [0, 0.05) is 23.2 Å². The van der Waals surface area contributed by atoms with E-state index >= 15 is 0 Å². The number of carbonyl (C=O) groups is 1. The van der Waals surface area contributed by atoms with Crippen molar-refractivity contribution in [2.24, 2.45) is 0 Å². The molecule has 0 fully saturated rings. The molecule has 1 aromatic heterocycles. The van der Waals surface area contributed by atoms with Crippen molar-refractivity contribution in [1.29, 1.82) is 0 Å². The molecule has 6 nitrogen and oxygen atoms in total. The van der Waals surface area contributed by atoms with E-state index in [0.29, 0.717) is 5.02 Å². The first-order chi connectivity index (χ1) is 20.2. The van der Waals surface area contributed by atoms with Gasteiger partial charge in [-0.2, -0.15) is 4.31 Å². The fourth-order valence-electron chi connectivity index (χ4n) is 4.65. The molecule has 1 N–H and O–H groups in total. The van der Waals surface area contributed by atoms with E-state index in [4.69, 9.17) is 16.6 Å². The standard InChI is InChI=1S/C33H29ClN2O4S2/c1-3-22-9-11-25(12-10-22)31-30(35-32(41-31)26-13-17-27(34)18-14-26)24-15-19-28(20-16-24)42(39,40)36(2)29(33(37)38)21-23-7-5-4-6-8-23/h4-20,29H,3,21H2,1-2H3,(H,37,38)/t29-/m0/s1. The molecule has 5 rings (SSSR count). The third-order valence-corrected chi connectivity index (χ3v) is 10.4.